The molecular weight excluding hydrogens is 660 g/mol. The lowest BCUT2D eigenvalue weighted by Gasteiger charge is -2.49. The van der Waals surface area contributed by atoms with Gasteiger partial charge in [0, 0.05) is 40.4 Å². The van der Waals surface area contributed by atoms with Crippen LogP contribution < -0.4 is 0 Å². The van der Waals surface area contributed by atoms with Crippen molar-refractivity contribution >= 4 is 23.9 Å². The Morgan fingerprint density at radius 1 is 0.640 bits per heavy atom. The first-order chi connectivity index (χ1) is 24.0. The van der Waals surface area contributed by atoms with Crippen LogP contribution in [-0.2, 0) is 77.9 Å². The molecular formula is C35H42O15. The number of hydrogen-bond acceptors (Lipinski definition) is 15. The van der Waals surface area contributed by atoms with Crippen LogP contribution in [-0.4, -0.2) is 106 Å². The topological polar surface area (TPSA) is 170 Å². The molecule has 2 aromatic rings. The van der Waals surface area contributed by atoms with Gasteiger partial charge in [-0.15, -0.1) is 0 Å². The zero-order chi connectivity index (χ0) is 35.8. The van der Waals surface area contributed by atoms with E-state index in [0.29, 0.717) is 0 Å². The van der Waals surface area contributed by atoms with Crippen LogP contribution in [0.15, 0.2) is 60.7 Å². The minimum absolute atomic E-state index is 0.0906. The number of rotatable bonds is 11. The molecule has 15 nitrogen and oxygen atoms in total. The average Bonchev–Trinajstić information content (AvgIpc) is 3.20. The standard InChI is InChI=1S/C35H42O15/c1-19(36)44-25-17-43-35(32(47-22(4)39)30(46-21(3)38)27(25)45-20(2)37)50-29-28-26(18-42-33(49-28)24-14-10-7-11-15-24)48-34(40-5)31(29)41-16-23-12-8-6-9-13-23/h6-15,25-35H,16-18H2,1-5H3/t25-,26-,27-,28-,29+,30+,31+,32+,33-,34+,35+/m1/s1. The van der Waals surface area contributed by atoms with E-state index >= 15 is 0 Å². The Bertz CT molecular complexity index is 1430. The van der Waals surface area contributed by atoms with Crippen molar-refractivity contribution in [2.75, 3.05) is 20.3 Å². The van der Waals surface area contributed by atoms with E-state index < -0.39 is 98.2 Å². The van der Waals surface area contributed by atoms with E-state index in [4.69, 9.17) is 52.1 Å². The summed E-state index contributed by atoms with van der Waals surface area (Å²) in [5, 5.41) is 0. The number of hydrogen-bond donors (Lipinski definition) is 0. The maximum Gasteiger partial charge on any atom is 0.303 e. The molecule has 0 aliphatic carbocycles. The van der Waals surface area contributed by atoms with Crippen LogP contribution in [0.2, 0.25) is 0 Å². The molecule has 272 valence electrons. The largest absolute Gasteiger partial charge is 0.456 e. The van der Waals surface area contributed by atoms with Gasteiger partial charge in [-0.25, -0.2) is 0 Å². The highest BCUT2D eigenvalue weighted by molar-refractivity contribution is 5.69. The van der Waals surface area contributed by atoms with Crippen molar-refractivity contribution in [3.8, 4) is 0 Å². The molecule has 3 saturated heterocycles. The minimum Gasteiger partial charge on any atom is -0.456 e. The highest BCUT2D eigenvalue weighted by atomic mass is 16.8. The van der Waals surface area contributed by atoms with E-state index in [2.05, 4.69) is 0 Å². The van der Waals surface area contributed by atoms with Crippen LogP contribution in [0.1, 0.15) is 45.1 Å². The molecule has 0 unspecified atom stereocenters. The van der Waals surface area contributed by atoms with E-state index in [0.717, 1.165) is 38.8 Å². The summed E-state index contributed by atoms with van der Waals surface area (Å²) in [6.45, 7) is 4.35. The Labute approximate surface area is 289 Å². The smallest absolute Gasteiger partial charge is 0.303 e. The van der Waals surface area contributed by atoms with Gasteiger partial charge in [0.2, 0.25) is 0 Å². The van der Waals surface area contributed by atoms with Crippen molar-refractivity contribution in [1.82, 2.24) is 0 Å². The summed E-state index contributed by atoms with van der Waals surface area (Å²) in [5.41, 5.74) is 1.59. The molecule has 0 saturated carbocycles. The third-order valence-corrected chi connectivity index (χ3v) is 8.09. The predicted octanol–water partition coefficient (Wildman–Crippen LogP) is 2.53. The number of methoxy groups -OCH3 is 1. The molecule has 5 rings (SSSR count). The lowest BCUT2D eigenvalue weighted by atomic mass is 9.96. The summed E-state index contributed by atoms with van der Waals surface area (Å²) in [6, 6.07) is 18.7. The van der Waals surface area contributed by atoms with Gasteiger partial charge in [0.1, 0.15) is 24.4 Å². The molecule has 11 atom stereocenters. The van der Waals surface area contributed by atoms with Gasteiger partial charge >= 0.3 is 23.9 Å². The second kappa shape index (κ2) is 17.3. The first-order valence-electron chi connectivity index (χ1n) is 16.2. The summed E-state index contributed by atoms with van der Waals surface area (Å²) < 4.78 is 66.0. The van der Waals surface area contributed by atoms with E-state index in [1.165, 1.54) is 7.11 Å². The van der Waals surface area contributed by atoms with Crippen LogP contribution >= 0.6 is 0 Å². The first-order valence-corrected chi connectivity index (χ1v) is 16.2. The summed E-state index contributed by atoms with van der Waals surface area (Å²) in [7, 11) is 1.45. The van der Waals surface area contributed by atoms with E-state index in [9.17, 15) is 19.2 Å². The molecule has 50 heavy (non-hydrogen) atoms. The number of ether oxygens (including phenoxy) is 11. The van der Waals surface area contributed by atoms with Crippen molar-refractivity contribution in [3.63, 3.8) is 0 Å². The SMILES string of the molecule is CO[C@H]1O[C@@H]2CO[C@@H](c3ccccc3)O[C@H]2[C@H](O[C@@H]2OC[C@@H](OC(C)=O)[C@@H](OC(C)=O)[C@H](OC(C)=O)[C@@H]2OC(C)=O)[C@@H]1OCc1ccccc1. The van der Waals surface area contributed by atoms with Gasteiger partial charge in [-0.05, 0) is 5.56 Å². The van der Waals surface area contributed by atoms with Crippen LogP contribution in [0.25, 0.3) is 0 Å². The number of carbonyl (C=O) groups excluding carboxylic acids is 4. The fourth-order valence-corrected chi connectivity index (χ4v) is 6.11. The molecule has 0 spiro atoms. The summed E-state index contributed by atoms with van der Waals surface area (Å²) in [4.78, 5) is 49.4. The monoisotopic (exact) mass is 702 g/mol. The summed E-state index contributed by atoms with van der Waals surface area (Å²) in [5.74, 6) is -3.11. The summed E-state index contributed by atoms with van der Waals surface area (Å²) >= 11 is 0. The minimum atomic E-state index is -1.54. The maximum atomic E-state index is 12.6. The van der Waals surface area contributed by atoms with E-state index in [1.54, 1.807) is 0 Å². The molecule has 0 N–H and O–H groups in total. The molecule has 3 fully saturated rings. The van der Waals surface area contributed by atoms with Gasteiger partial charge in [0.25, 0.3) is 0 Å². The van der Waals surface area contributed by atoms with E-state index in [-0.39, 0.29) is 13.2 Å². The Morgan fingerprint density at radius 2 is 1.24 bits per heavy atom. The van der Waals surface area contributed by atoms with Gasteiger partial charge in [-0.2, -0.15) is 0 Å². The normalized spacial score (nSPS) is 32.5. The third-order valence-electron chi connectivity index (χ3n) is 8.09. The lowest BCUT2D eigenvalue weighted by molar-refractivity contribution is -0.384. The zero-order valence-electron chi connectivity index (χ0n) is 28.4. The zero-order valence-corrected chi connectivity index (χ0v) is 28.4. The lowest BCUT2D eigenvalue weighted by Crippen LogP contribution is -2.65. The van der Waals surface area contributed by atoms with Crippen molar-refractivity contribution in [2.45, 2.75) is 102 Å². The van der Waals surface area contributed by atoms with Gasteiger partial charge in [-0.3, -0.25) is 19.2 Å². The van der Waals surface area contributed by atoms with Gasteiger partial charge in [0.05, 0.1) is 19.8 Å². The quantitative estimate of drug-likeness (QED) is 0.247. The number of benzene rings is 2. The Balaban J connectivity index is 1.55. The molecule has 3 heterocycles. The maximum absolute atomic E-state index is 12.6. The Hall–Kier alpha value is -3.96. The molecule has 3 aliphatic rings. The third kappa shape index (κ3) is 9.42. The highest BCUT2D eigenvalue weighted by Gasteiger charge is 2.56. The van der Waals surface area contributed by atoms with Gasteiger partial charge in [-0.1, -0.05) is 60.7 Å². The number of carbonyl (C=O) groups is 4. The Morgan fingerprint density at radius 3 is 1.86 bits per heavy atom. The van der Waals surface area contributed by atoms with Crippen LogP contribution in [0.3, 0.4) is 0 Å². The molecule has 15 heteroatoms. The number of esters is 4. The second-order valence-electron chi connectivity index (χ2n) is 11.9. The van der Waals surface area contributed by atoms with Crippen molar-refractivity contribution in [1.29, 1.82) is 0 Å². The fraction of sp³-hybridized carbons (Fsp3) is 0.543. The van der Waals surface area contributed by atoms with Gasteiger partial charge in [0.15, 0.2) is 43.3 Å². The Kier molecular flexibility index (Phi) is 12.9. The highest BCUT2D eigenvalue weighted by Crippen LogP contribution is 2.39. The summed E-state index contributed by atoms with van der Waals surface area (Å²) in [6.07, 6.45) is -12.7. The number of fused-ring (bicyclic) bond motifs is 1. The van der Waals surface area contributed by atoms with E-state index in [1.807, 2.05) is 60.7 Å². The molecule has 0 radical (unpaired) electrons. The molecule has 0 bridgehead atoms. The van der Waals surface area contributed by atoms with Crippen LogP contribution in [0.5, 0.6) is 0 Å². The second-order valence-corrected chi connectivity index (χ2v) is 11.9. The average molecular weight is 703 g/mol. The van der Waals surface area contributed by atoms with Crippen LogP contribution in [0, 0.1) is 0 Å². The van der Waals surface area contributed by atoms with Crippen molar-refractivity contribution in [2.24, 2.45) is 0 Å². The first kappa shape index (κ1) is 37.3. The molecule has 0 amide bonds. The van der Waals surface area contributed by atoms with Gasteiger partial charge < -0.3 is 52.1 Å². The molecule has 2 aromatic carbocycles. The van der Waals surface area contributed by atoms with Crippen molar-refractivity contribution < 1.29 is 71.3 Å². The predicted molar refractivity (Wildman–Crippen MR) is 168 cm³/mol. The fourth-order valence-electron chi connectivity index (χ4n) is 6.11. The molecule has 0 aromatic heterocycles. The molecule has 3 aliphatic heterocycles. The van der Waals surface area contributed by atoms with Crippen LogP contribution in [0.4, 0.5) is 0 Å². The van der Waals surface area contributed by atoms with Crippen molar-refractivity contribution in [3.05, 3.63) is 71.8 Å².